The van der Waals surface area contributed by atoms with Gasteiger partial charge in [-0.1, -0.05) is 0 Å². The predicted molar refractivity (Wildman–Crippen MR) is 24.5 cm³/mol. The first kappa shape index (κ1) is 6.92. The van der Waals surface area contributed by atoms with Gasteiger partial charge in [0.2, 0.25) is 0 Å². The van der Waals surface area contributed by atoms with Gasteiger partial charge in [-0.15, -0.1) is 0 Å². The molecule has 27 valence electrons. The van der Waals surface area contributed by atoms with E-state index in [9.17, 15) is 0 Å². The van der Waals surface area contributed by atoms with Crippen LogP contribution in [0.4, 0.5) is 0 Å². The van der Waals surface area contributed by atoms with Crippen molar-refractivity contribution in [3.05, 3.63) is 24.7 Å². The van der Waals surface area contributed by atoms with E-state index in [2.05, 4.69) is 4.42 Å². The first-order valence-corrected chi connectivity index (χ1v) is 1.47. The Labute approximate surface area is 79.1 Å². The molecule has 1 rings (SSSR count). The normalized spacial score (nSPS) is 6.67. The number of hydrogen-bond acceptors (Lipinski definition) is 1. The van der Waals surface area contributed by atoms with Gasteiger partial charge in [0, 0.05) is 51.4 Å². The summed E-state index contributed by atoms with van der Waals surface area (Å²) < 4.78 is 4.58. The molecule has 1 nitrogen and oxygen atoms in total. The van der Waals surface area contributed by atoms with E-state index in [0.29, 0.717) is 0 Å². The number of rotatable bonds is 0. The van der Waals surface area contributed by atoms with E-state index >= 15 is 0 Å². The molecule has 0 aliphatic carbocycles. The minimum atomic E-state index is 0. The third kappa shape index (κ3) is 2.15. The van der Waals surface area contributed by atoms with Crippen LogP contribution in [0, 0.1) is 0 Å². The van der Waals surface area contributed by atoms with E-state index in [4.69, 9.17) is 0 Å². The van der Waals surface area contributed by atoms with Crippen LogP contribution in [-0.4, -0.2) is 51.4 Å². The Morgan fingerprint density at radius 2 is 1.50 bits per heavy atom. The molecule has 1 radical (unpaired) electrons. The Morgan fingerprint density at radius 1 is 1.00 bits per heavy atom. The van der Waals surface area contributed by atoms with Crippen molar-refractivity contribution in [2.24, 2.45) is 0 Å². The zero-order chi connectivity index (χ0) is 3.54. The summed E-state index contributed by atoms with van der Waals surface area (Å²) in [7, 11) is 0. The Balaban J connectivity index is 0.000000250. The molecule has 0 amide bonds. The largest absolute Gasteiger partial charge is 0.473 e. The summed E-state index contributed by atoms with van der Waals surface area (Å²) in [6.45, 7) is 0. The van der Waals surface area contributed by atoms with Crippen LogP contribution in [0.1, 0.15) is 0 Å². The molecule has 0 atom stereocenters. The van der Waals surface area contributed by atoms with Gasteiger partial charge >= 0.3 is 0 Å². The van der Waals surface area contributed by atoms with Gasteiger partial charge in [0.1, 0.15) is 0 Å². The molecule has 1 heterocycles. The van der Waals surface area contributed by atoms with Crippen LogP contribution in [0.25, 0.3) is 0 Å². The van der Waals surface area contributed by atoms with E-state index in [1.54, 1.807) is 12.5 Å². The van der Waals surface area contributed by atoms with E-state index in [-0.39, 0.29) is 51.4 Å². The third-order valence-corrected chi connectivity index (χ3v) is 0.425. The van der Waals surface area contributed by atoms with Crippen molar-refractivity contribution in [3.8, 4) is 0 Å². The van der Waals surface area contributed by atoms with Crippen molar-refractivity contribution in [3.63, 3.8) is 0 Å². The Hall–Kier alpha value is 0.916. The van der Waals surface area contributed by atoms with Crippen molar-refractivity contribution in [1.29, 1.82) is 0 Å². The van der Waals surface area contributed by atoms with Gasteiger partial charge in [-0.25, -0.2) is 0 Å². The molecule has 0 fully saturated rings. The fourth-order valence-electron chi connectivity index (χ4n) is 0.227. The topological polar surface area (TPSA) is 13.1 Å². The van der Waals surface area contributed by atoms with E-state index in [1.807, 2.05) is 12.1 Å². The van der Waals surface area contributed by atoms with Crippen LogP contribution in [0.15, 0.2) is 29.1 Å². The maximum Gasteiger partial charge on any atom is 0.0902 e. The number of hydrogen-bond donors (Lipinski definition) is 0. The molecule has 2 heteroatoms. The second-order valence-electron chi connectivity index (χ2n) is 0.793. The quantitative estimate of drug-likeness (QED) is 0.449. The van der Waals surface area contributed by atoms with Gasteiger partial charge in [-0.05, 0) is 12.1 Å². The monoisotopic (exact) mass is 107 g/mol. The number of furan rings is 1. The summed E-state index contributed by atoms with van der Waals surface area (Å²) >= 11 is 0. The van der Waals surface area contributed by atoms with Crippen molar-refractivity contribution in [1.82, 2.24) is 0 Å². The maximum atomic E-state index is 4.58. The van der Waals surface area contributed by atoms with Crippen LogP contribution in [0.3, 0.4) is 0 Å². The molecular weight excluding hydrogens is 103 g/mol. The fraction of sp³-hybridized carbons (Fsp3) is 0. The van der Waals surface area contributed by atoms with Crippen LogP contribution >= 0.6 is 0 Å². The molecule has 0 saturated carbocycles. The van der Waals surface area contributed by atoms with Crippen molar-refractivity contribution in [2.75, 3.05) is 0 Å². The van der Waals surface area contributed by atoms with E-state index < -0.39 is 0 Å². The van der Waals surface area contributed by atoms with Crippen LogP contribution in [0.5, 0.6) is 0 Å². The molecule has 0 spiro atoms. The van der Waals surface area contributed by atoms with Gasteiger partial charge in [-0.3, -0.25) is 0 Å². The zero-order valence-electron chi connectivity index (χ0n) is 3.72. The summed E-state index contributed by atoms with van der Waals surface area (Å²) in [6.07, 6.45) is 3.25. The molecule has 0 saturated heterocycles. The molecule has 0 aliphatic heterocycles. The van der Waals surface area contributed by atoms with Crippen LogP contribution < -0.4 is 0 Å². The smallest absolute Gasteiger partial charge is 0.0902 e. The Morgan fingerprint density at radius 3 is 1.67 bits per heavy atom. The average Bonchev–Trinajstić information content (AvgIpc) is 1.76. The standard InChI is InChI=1S/C4H4O.K/c1-2-4-5-3-1;/h1-4H;. The molecule has 0 bridgehead atoms. The first-order valence-electron chi connectivity index (χ1n) is 1.47. The molecule has 0 N–H and O–H groups in total. The van der Waals surface area contributed by atoms with Gasteiger partial charge in [0.05, 0.1) is 12.5 Å². The molecular formula is C4H4KO. The minimum absolute atomic E-state index is 0. The average molecular weight is 107 g/mol. The molecule has 0 unspecified atom stereocenters. The maximum absolute atomic E-state index is 4.58. The summed E-state index contributed by atoms with van der Waals surface area (Å²) in [5.74, 6) is 0. The van der Waals surface area contributed by atoms with Crippen molar-refractivity contribution in [2.45, 2.75) is 0 Å². The predicted octanol–water partition coefficient (Wildman–Crippen LogP) is 0.899. The minimum Gasteiger partial charge on any atom is -0.473 e. The summed E-state index contributed by atoms with van der Waals surface area (Å²) in [4.78, 5) is 0. The SMILES string of the molecule is [K].c1ccoc1. The van der Waals surface area contributed by atoms with E-state index in [1.165, 1.54) is 0 Å². The summed E-state index contributed by atoms with van der Waals surface area (Å²) in [5, 5.41) is 0. The first-order chi connectivity index (χ1) is 2.50. The van der Waals surface area contributed by atoms with Crippen molar-refractivity contribution >= 4 is 51.4 Å². The van der Waals surface area contributed by atoms with Crippen LogP contribution in [0.2, 0.25) is 0 Å². The second-order valence-corrected chi connectivity index (χ2v) is 0.793. The Bertz CT molecular complexity index is 64.0. The molecule has 1 aromatic heterocycles. The molecule has 1 aromatic rings. The second kappa shape index (κ2) is 4.09. The molecule has 0 aromatic carbocycles. The van der Waals surface area contributed by atoms with Crippen molar-refractivity contribution < 1.29 is 4.42 Å². The van der Waals surface area contributed by atoms with Gasteiger partial charge in [0.15, 0.2) is 0 Å². The van der Waals surface area contributed by atoms with Gasteiger partial charge in [0.25, 0.3) is 0 Å². The molecule has 6 heavy (non-hydrogen) atoms. The van der Waals surface area contributed by atoms with Gasteiger partial charge < -0.3 is 4.42 Å². The summed E-state index contributed by atoms with van der Waals surface area (Å²) in [6, 6.07) is 3.67. The Kier molecular flexibility index (Phi) is 4.71. The van der Waals surface area contributed by atoms with Crippen LogP contribution in [-0.2, 0) is 0 Å². The van der Waals surface area contributed by atoms with E-state index in [0.717, 1.165) is 0 Å². The zero-order valence-corrected chi connectivity index (χ0v) is 6.84. The summed E-state index contributed by atoms with van der Waals surface area (Å²) in [5.41, 5.74) is 0. The molecule has 0 aliphatic rings. The fourth-order valence-corrected chi connectivity index (χ4v) is 0.227. The third-order valence-electron chi connectivity index (χ3n) is 0.425. The van der Waals surface area contributed by atoms with Gasteiger partial charge in [-0.2, -0.15) is 0 Å².